The van der Waals surface area contributed by atoms with Gasteiger partial charge in [0, 0.05) is 12.1 Å². The number of methoxy groups -OCH3 is 1. The third kappa shape index (κ3) is 3.69. The van der Waals surface area contributed by atoms with Crippen molar-refractivity contribution < 1.29 is 14.6 Å². The van der Waals surface area contributed by atoms with Crippen LogP contribution in [-0.4, -0.2) is 23.0 Å². The smallest absolute Gasteiger partial charge is 0.290 e. The number of hydrogen-bond donors (Lipinski definition) is 1. The van der Waals surface area contributed by atoms with E-state index < -0.39 is 0 Å². The fourth-order valence-electron chi connectivity index (χ4n) is 3.91. The van der Waals surface area contributed by atoms with Crippen LogP contribution in [0.3, 0.4) is 0 Å². The molecule has 0 saturated heterocycles. The summed E-state index contributed by atoms with van der Waals surface area (Å²) in [6, 6.07) is 23.3. The summed E-state index contributed by atoms with van der Waals surface area (Å²) in [6.45, 7) is 4.42. The highest BCUT2D eigenvalue weighted by Gasteiger charge is 2.40. The highest BCUT2D eigenvalue weighted by atomic mass is 16.5. The van der Waals surface area contributed by atoms with E-state index in [1.165, 1.54) is 0 Å². The molecule has 4 nitrogen and oxygen atoms in total. The van der Waals surface area contributed by atoms with E-state index in [1.54, 1.807) is 12.0 Å². The molecule has 152 valence electrons. The van der Waals surface area contributed by atoms with Crippen molar-refractivity contribution in [2.75, 3.05) is 7.11 Å². The lowest BCUT2D eigenvalue weighted by Crippen LogP contribution is -2.29. The molecule has 4 heteroatoms. The van der Waals surface area contributed by atoms with Crippen molar-refractivity contribution in [2.24, 2.45) is 0 Å². The topological polar surface area (TPSA) is 49.8 Å². The van der Waals surface area contributed by atoms with Crippen LogP contribution in [0.2, 0.25) is 0 Å². The van der Waals surface area contributed by atoms with Gasteiger partial charge >= 0.3 is 0 Å². The number of nitrogens with zero attached hydrogens (tertiary/aromatic N) is 1. The molecule has 1 N–H and O–H groups in total. The van der Waals surface area contributed by atoms with Gasteiger partial charge in [0.15, 0.2) is 5.76 Å². The van der Waals surface area contributed by atoms with Crippen LogP contribution in [-0.2, 0) is 11.3 Å². The van der Waals surface area contributed by atoms with Gasteiger partial charge in [-0.05, 0) is 42.7 Å². The molecular formula is C26H25NO3. The summed E-state index contributed by atoms with van der Waals surface area (Å²) in [4.78, 5) is 14.9. The Kier molecular flexibility index (Phi) is 5.32. The fourth-order valence-corrected chi connectivity index (χ4v) is 3.91. The Labute approximate surface area is 177 Å². The molecule has 3 aromatic rings. The Morgan fingerprint density at radius 3 is 2.20 bits per heavy atom. The van der Waals surface area contributed by atoms with Gasteiger partial charge in [0.2, 0.25) is 0 Å². The summed E-state index contributed by atoms with van der Waals surface area (Å²) < 4.78 is 5.33. The van der Waals surface area contributed by atoms with E-state index in [1.807, 2.05) is 86.6 Å². The maximum absolute atomic E-state index is 13.2. The molecule has 0 radical (unpaired) electrons. The van der Waals surface area contributed by atoms with Crippen molar-refractivity contribution in [2.45, 2.75) is 26.4 Å². The zero-order valence-electron chi connectivity index (χ0n) is 17.4. The molecule has 0 fully saturated rings. The minimum Gasteiger partial charge on any atom is -0.503 e. The highest BCUT2D eigenvalue weighted by molar-refractivity contribution is 6.05. The number of carbonyl (C=O) groups excluding carboxylic acids is 1. The van der Waals surface area contributed by atoms with Gasteiger partial charge in [-0.15, -0.1) is 0 Å². The van der Waals surface area contributed by atoms with E-state index in [4.69, 9.17) is 4.74 Å². The maximum atomic E-state index is 13.2. The van der Waals surface area contributed by atoms with Crippen molar-refractivity contribution in [3.05, 3.63) is 106 Å². The second-order valence-electron chi connectivity index (χ2n) is 7.73. The first kappa shape index (κ1) is 19.8. The van der Waals surface area contributed by atoms with E-state index in [0.717, 1.165) is 33.6 Å². The van der Waals surface area contributed by atoms with Gasteiger partial charge in [0.25, 0.3) is 5.91 Å². The van der Waals surface area contributed by atoms with Crippen LogP contribution in [0.25, 0.3) is 5.57 Å². The minimum absolute atomic E-state index is 0.188. The Morgan fingerprint density at radius 2 is 1.57 bits per heavy atom. The summed E-state index contributed by atoms with van der Waals surface area (Å²) in [7, 11) is 1.62. The van der Waals surface area contributed by atoms with E-state index in [-0.39, 0.29) is 17.7 Å². The van der Waals surface area contributed by atoms with Gasteiger partial charge in [0.1, 0.15) is 5.75 Å². The third-order valence-corrected chi connectivity index (χ3v) is 5.55. The lowest BCUT2D eigenvalue weighted by molar-refractivity contribution is -0.130. The van der Waals surface area contributed by atoms with Crippen LogP contribution in [0.4, 0.5) is 0 Å². The quantitative estimate of drug-likeness (QED) is 0.628. The number of aryl methyl sites for hydroxylation is 2. The number of ether oxygens (including phenoxy) is 1. The molecule has 4 rings (SSSR count). The molecule has 0 unspecified atom stereocenters. The Bertz CT molecular complexity index is 1100. The van der Waals surface area contributed by atoms with Crippen LogP contribution < -0.4 is 4.74 Å². The molecule has 0 bridgehead atoms. The molecule has 1 amide bonds. The van der Waals surface area contributed by atoms with Crippen LogP contribution in [0.15, 0.2) is 78.6 Å². The molecule has 1 aliphatic heterocycles. The van der Waals surface area contributed by atoms with Gasteiger partial charge in [-0.3, -0.25) is 4.79 Å². The number of aliphatic hydroxyl groups is 1. The van der Waals surface area contributed by atoms with Crippen LogP contribution >= 0.6 is 0 Å². The molecule has 1 heterocycles. The second-order valence-corrected chi connectivity index (χ2v) is 7.73. The largest absolute Gasteiger partial charge is 0.503 e. The fraction of sp³-hybridized carbons (Fsp3) is 0.192. The number of amides is 1. The second kappa shape index (κ2) is 8.07. The van der Waals surface area contributed by atoms with Crippen molar-refractivity contribution in [3.8, 4) is 5.75 Å². The summed E-state index contributed by atoms with van der Waals surface area (Å²) >= 11 is 0. The molecule has 30 heavy (non-hydrogen) atoms. The van der Waals surface area contributed by atoms with Crippen molar-refractivity contribution >= 4 is 11.5 Å². The molecule has 0 aliphatic carbocycles. The number of hydrogen-bond acceptors (Lipinski definition) is 3. The molecule has 3 aromatic carbocycles. The average Bonchev–Trinajstić information content (AvgIpc) is 3.00. The van der Waals surface area contributed by atoms with Crippen molar-refractivity contribution in [3.63, 3.8) is 0 Å². The average molecular weight is 399 g/mol. The standard InChI is InChI=1S/C26H25NO3/c1-17-7-11-20(12-8-17)23-24(21-13-9-18(2)10-14-21)27(26(29)25(23)28)16-19-5-4-6-22(15-19)30-3/h4-15,24,28H,16H2,1-3H3/t24-/m1/s1. The Hall–Kier alpha value is -3.53. The van der Waals surface area contributed by atoms with Gasteiger partial charge in [-0.25, -0.2) is 0 Å². The highest BCUT2D eigenvalue weighted by Crippen LogP contribution is 2.43. The zero-order valence-corrected chi connectivity index (χ0v) is 17.4. The van der Waals surface area contributed by atoms with Gasteiger partial charge in [0.05, 0.1) is 13.2 Å². The van der Waals surface area contributed by atoms with E-state index in [9.17, 15) is 9.90 Å². The van der Waals surface area contributed by atoms with Crippen LogP contribution in [0.5, 0.6) is 5.75 Å². The predicted molar refractivity (Wildman–Crippen MR) is 118 cm³/mol. The number of carbonyl (C=O) groups is 1. The van der Waals surface area contributed by atoms with E-state index in [0.29, 0.717) is 12.1 Å². The number of rotatable bonds is 5. The molecule has 0 spiro atoms. The van der Waals surface area contributed by atoms with Crippen molar-refractivity contribution in [1.82, 2.24) is 4.90 Å². The van der Waals surface area contributed by atoms with Crippen molar-refractivity contribution in [1.29, 1.82) is 0 Å². The Balaban J connectivity index is 1.79. The molecule has 0 aromatic heterocycles. The first-order chi connectivity index (χ1) is 14.5. The molecular weight excluding hydrogens is 374 g/mol. The molecule has 0 saturated carbocycles. The van der Waals surface area contributed by atoms with Gasteiger partial charge in [-0.2, -0.15) is 0 Å². The number of aliphatic hydroxyl groups excluding tert-OH is 1. The molecule has 1 aliphatic rings. The normalized spacial score (nSPS) is 16.3. The number of benzene rings is 3. The first-order valence-corrected chi connectivity index (χ1v) is 9.98. The maximum Gasteiger partial charge on any atom is 0.290 e. The summed E-state index contributed by atoms with van der Waals surface area (Å²) in [6.07, 6.45) is 0. The summed E-state index contributed by atoms with van der Waals surface area (Å²) in [5.74, 6) is 0.188. The van der Waals surface area contributed by atoms with Crippen LogP contribution in [0.1, 0.15) is 33.9 Å². The van der Waals surface area contributed by atoms with Gasteiger partial charge < -0.3 is 14.7 Å². The van der Waals surface area contributed by atoms with Gasteiger partial charge in [-0.1, -0.05) is 71.8 Å². The lowest BCUT2D eigenvalue weighted by atomic mass is 9.92. The summed E-state index contributed by atoms with van der Waals surface area (Å²) in [5, 5.41) is 10.9. The zero-order chi connectivity index (χ0) is 21.3. The van der Waals surface area contributed by atoms with Crippen LogP contribution in [0, 0.1) is 13.8 Å². The van der Waals surface area contributed by atoms with E-state index >= 15 is 0 Å². The first-order valence-electron chi connectivity index (χ1n) is 9.98. The van der Waals surface area contributed by atoms with E-state index in [2.05, 4.69) is 0 Å². The molecule has 1 atom stereocenters. The predicted octanol–water partition coefficient (Wildman–Crippen LogP) is 5.36. The Morgan fingerprint density at radius 1 is 0.933 bits per heavy atom. The SMILES string of the molecule is COc1cccc(CN2C(=O)C(O)=C(c3ccc(C)cc3)[C@H]2c2ccc(C)cc2)c1. The third-order valence-electron chi connectivity index (χ3n) is 5.55. The lowest BCUT2D eigenvalue weighted by Gasteiger charge is -2.28. The minimum atomic E-state index is -0.369. The summed E-state index contributed by atoms with van der Waals surface area (Å²) in [5.41, 5.74) is 5.68. The monoisotopic (exact) mass is 399 g/mol.